The number of nitrogens with zero attached hydrogens (tertiary/aromatic N) is 5. The van der Waals surface area contributed by atoms with Crippen molar-refractivity contribution in [2.45, 2.75) is 25.8 Å². The molecule has 0 amide bonds. The summed E-state index contributed by atoms with van der Waals surface area (Å²) in [6, 6.07) is 14.8. The third kappa shape index (κ3) is 4.94. The molecule has 11 heteroatoms. The number of hydrogen-bond acceptors (Lipinski definition) is 9. The Morgan fingerprint density at radius 2 is 1.73 bits per heavy atom. The Morgan fingerprint density at radius 1 is 1.06 bits per heavy atom. The molecule has 0 aliphatic rings. The van der Waals surface area contributed by atoms with Crippen LogP contribution in [0.3, 0.4) is 0 Å². The average molecular weight is 469 g/mol. The van der Waals surface area contributed by atoms with Gasteiger partial charge in [0.15, 0.2) is 5.82 Å². The maximum atomic E-state index is 12.1. The molecule has 33 heavy (non-hydrogen) atoms. The predicted molar refractivity (Wildman–Crippen MR) is 123 cm³/mol. The van der Waals surface area contributed by atoms with E-state index in [1.54, 1.807) is 25.1 Å². The number of rotatable bonds is 7. The molecule has 0 fully saturated rings. The number of benzene rings is 2. The van der Waals surface area contributed by atoms with Crippen molar-refractivity contribution < 1.29 is 17.4 Å². The van der Waals surface area contributed by atoms with Crippen LogP contribution >= 0.6 is 0 Å². The van der Waals surface area contributed by atoms with Gasteiger partial charge in [0.05, 0.1) is 17.5 Å². The van der Waals surface area contributed by atoms with Crippen molar-refractivity contribution in [1.29, 1.82) is 0 Å². The molecule has 2 heterocycles. The second-order valence-corrected chi connectivity index (χ2v) is 10.2. The van der Waals surface area contributed by atoms with Gasteiger partial charge in [-0.1, -0.05) is 35.5 Å². The minimum Gasteiger partial charge on any atom is -0.419 e. The standard InChI is InChI=1S/C22H24N6O4S/c1-14-24-19(32-27-14)16-10-17(12-18(11-16)28(3)33(4,29)30)20-25-26-21(31-20)22(2,23)13-15-8-6-5-7-9-15/h5-12H,13,23H2,1-4H3. The first-order valence-electron chi connectivity index (χ1n) is 10.1. The Labute approximate surface area is 191 Å². The van der Waals surface area contributed by atoms with Crippen LogP contribution in [-0.2, 0) is 22.0 Å². The summed E-state index contributed by atoms with van der Waals surface area (Å²) in [7, 11) is -2.07. The van der Waals surface area contributed by atoms with Crippen LogP contribution in [0.5, 0.6) is 0 Å². The zero-order chi connectivity index (χ0) is 23.8. The molecule has 0 bridgehead atoms. The highest BCUT2D eigenvalue weighted by molar-refractivity contribution is 7.92. The van der Waals surface area contributed by atoms with Crippen LogP contribution in [0.2, 0.25) is 0 Å². The molecule has 0 radical (unpaired) electrons. The minimum absolute atomic E-state index is 0.191. The van der Waals surface area contributed by atoms with E-state index < -0.39 is 15.6 Å². The fraction of sp³-hybridized carbons (Fsp3) is 0.273. The summed E-state index contributed by atoms with van der Waals surface area (Å²) in [5.41, 5.74) is 8.01. The Bertz CT molecular complexity index is 1380. The predicted octanol–water partition coefficient (Wildman–Crippen LogP) is 2.91. The summed E-state index contributed by atoms with van der Waals surface area (Å²) in [6.45, 7) is 3.51. The summed E-state index contributed by atoms with van der Waals surface area (Å²) in [4.78, 5) is 4.24. The van der Waals surface area contributed by atoms with Gasteiger partial charge in [-0.15, -0.1) is 10.2 Å². The Morgan fingerprint density at radius 3 is 2.33 bits per heavy atom. The summed E-state index contributed by atoms with van der Waals surface area (Å²) in [5, 5.41) is 12.1. The van der Waals surface area contributed by atoms with Crippen molar-refractivity contribution in [3.05, 3.63) is 65.8 Å². The van der Waals surface area contributed by atoms with Gasteiger partial charge in [-0.25, -0.2) is 8.42 Å². The maximum absolute atomic E-state index is 12.1. The monoisotopic (exact) mass is 468 g/mol. The number of aryl methyl sites for hydroxylation is 1. The highest BCUT2D eigenvalue weighted by Crippen LogP contribution is 2.33. The van der Waals surface area contributed by atoms with Crippen molar-refractivity contribution in [3.63, 3.8) is 0 Å². The third-order valence-electron chi connectivity index (χ3n) is 5.13. The zero-order valence-corrected chi connectivity index (χ0v) is 19.5. The van der Waals surface area contributed by atoms with Gasteiger partial charge in [0, 0.05) is 18.2 Å². The van der Waals surface area contributed by atoms with Gasteiger partial charge in [0.25, 0.3) is 5.89 Å². The molecular formula is C22H24N6O4S. The van der Waals surface area contributed by atoms with E-state index in [0.29, 0.717) is 29.1 Å². The highest BCUT2D eigenvalue weighted by atomic mass is 32.2. The number of nitrogens with two attached hydrogens (primary N) is 1. The molecule has 0 aliphatic heterocycles. The molecule has 1 unspecified atom stereocenters. The number of anilines is 1. The van der Waals surface area contributed by atoms with E-state index in [2.05, 4.69) is 20.3 Å². The molecule has 1 atom stereocenters. The molecule has 2 aromatic heterocycles. The number of aromatic nitrogens is 4. The first-order valence-corrected chi connectivity index (χ1v) is 11.9. The van der Waals surface area contributed by atoms with E-state index in [9.17, 15) is 8.42 Å². The molecule has 4 rings (SSSR count). The molecule has 0 aliphatic carbocycles. The molecular weight excluding hydrogens is 444 g/mol. The van der Waals surface area contributed by atoms with E-state index in [1.807, 2.05) is 37.3 Å². The summed E-state index contributed by atoms with van der Waals surface area (Å²) >= 11 is 0. The van der Waals surface area contributed by atoms with Gasteiger partial charge < -0.3 is 14.7 Å². The van der Waals surface area contributed by atoms with Crippen LogP contribution in [0.1, 0.15) is 24.2 Å². The fourth-order valence-corrected chi connectivity index (χ4v) is 3.80. The smallest absolute Gasteiger partial charge is 0.258 e. The van der Waals surface area contributed by atoms with Crippen LogP contribution in [0.4, 0.5) is 5.69 Å². The van der Waals surface area contributed by atoms with E-state index >= 15 is 0 Å². The van der Waals surface area contributed by atoms with Crippen molar-refractivity contribution in [1.82, 2.24) is 20.3 Å². The van der Waals surface area contributed by atoms with E-state index in [-0.39, 0.29) is 17.7 Å². The largest absolute Gasteiger partial charge is 0.419 e. The lowest BCUT2D eigenvalue weighted by atomic mass is 9.94. The van der Waals surface area contributed by atoms with Gasteiger partial charge in [-0.2, -0.15) is 4.98 Å². The lowest BCUT2D eigenvalue weighted by Gasteiger charge is -2.20. The van der Waals surface area contributed by atoms with Crippen molar-refractivity contribution in [2.24, 2.45) is 5.73 Å². The fourth-order valence-electron chi connectivity index (χ4n) is 3.31. The lowest BCUT2D eigenvalue weighted by molar-refractivity contribution is 0.355. The number of hydrogen-bond donors (Lipinski definition) is 1. The van der Waals surface area contributed by atoms with E-state index in [1.165, 1.54) is 7.05 Å². The van der Waals surface area contributed by atoms with Crippen LogP contribution < -0.4 is 10.0 Å². The van der Waals surface area contributed by atoms with Gasteiger partial charge >= 0.3 is 0 Å². The third-order valence-corrected chi connectivity index (χ3v) is 6.33. The molecule has 10 nitrogen and oxygen atoms in total. The molecule has 0 saturated carbocycles. The average Bonchev–Trinajstić information content (AvgIpc) is 3.43. The molecule has 2 N–H and O–H groups in total. The van der Waals surface area contributed by atoms with Gasteiger partial charge in [0.1, 0.15) is 0 Å². The molecule has 2 aromatic carbocycles. The molecule has 0 saturated heterocycles. The second-order valence-electron chi connectivity index (χ2n) is 8.14. The van der Waals surface area contributed by atoms with Crippen LogP contribution in [0, 0.1) is 6.92 Å². The van der Waals surface area contributed by atoms with Gasteiger partial charge in [-0.3, -0.25) is 4.31 Å². The molecule has 0 spiro atoms. The SMILES string of the molecule is Cc1noc(-c2cc(-c3nnc(C(C)(N)Cc4ccccc4)o3)cc(N(C)S(C)(=O)=O)c2)n1. The quantitative estimate of drug-likeness (QED) is 0.433. The Kier molecular flexibility index (Phi) is 5.76. The summed E-state index contributed by atoms with van der Waals surface area (Å²) in [5.74, 6) is 1.15. The minimum atomic E-state index is -3.52. The summed E-state index contributed by atoms with van der Waals surface area (Å²) < 4.78 is 36.6. The molecule has 172 valence electrons. The first kappa shape index (κ1) is 22.6. The zero-order valence-electron chi connectivity index (χ0n) is 18.7. The summed E-state index contributed by atoms with van der Waals surface area (Å²) in [6.07, 6.45) is 1.61. The Balaban J connectivity index is 1.75. The van der Waals surface area contributed by atoms with Crippen molar-refractivity contribution in [2.75, 3.05) is 17.6 Å². The topological polar surface area (TPSA) is 141 Å². The maximum Gasteiger partial charge on any atom is 0.258 e. The normalized spacial score (nSPS) is 13.6. The van der Waals surface area contributed by atoms with Crippen LogP contribution in [0.15, 0.2) is 57.5 Å². The van der Waals surface area contributed by atoms with Crippen LogP contribution in [-0.4, -0.2) is 42.1 Å². The lowest BCUT2D eigenvalue weighted by Crippen LogP contribution is -2.35. The van der Waals surface area contributed by atoms with Crippen molar-refractivity contribution >= 4 is 15.7 Å². The number of sulfonamides is 1. The van der Waals surface area contributed by atoms with Gasteiger partial charge in [0.2, 0.25) is 21.8 Å². The van der Waals surface area contributed by atoms with E-state index in [4.69, 9.17) is 14.7 Å². The molecule has 4 aromatic rings. The Hall–Kier alpha value is -3.57. The van der Waals surface area contributed by atoms with Crippen molar-refractivity contribution in [3.8, 4) is 22.9 Å². The van der Waals surface area contributed by atoms with Gasteiger partial charge in [-0.05, 0) is 44.0 Å². The first-order chi connectivity index (χ1) is 15.5. The van der Waals surface area contributed by atoms with E-state index in [0.717, 1.165) is 16.1 Å². The second kappa shape index (κ2) is 8.41. The van der Waals surface area contributed by atoms with Crippen LogP contribution in [0.25, 0.3) is 22.9 Å². The highest BCUT2D eigenvalue weighted by Gasteiger charge is 2.29.